The maximum absolute atomic E-state index is 13.9. The van der Waals surface area contributed by atoms with Gasteiger partial charge in [0.25, 0.3) is 5.91 Å². The highest BCUT2D eigenvalue weighted by Gasteiger charge is 2.34. The van der Waals surface area contributed by atoms with E-state index in [2.05, 4.69) is 15.9 Å². The Labute approximate surface area is 153 Å². The number of carbonyl (C=O) groups excluding carboxylic acids is 2. The van der Waals surface area contributed by atoms with Crippen molar-refractivity contribution in [1.29, 1.82) is 0 Å². The van der Waals surface area contributed by atoms with Crippen LogP contribution in [-0.2, 0) is 16.0 Å². The molecule has 3 rings (SSSR count). The molecular weight excluding hydrogens is 389 g/mol. The summed E-state index contributed by atoms with van der Waals surface area (Å²) in [4.78, 5) is 26.6. The Morgan fingerprint density at radius 1 is 1.28 bits per heavy atom. The summed E-state index contributed by atoms with van der Waals surface area (Å²) < 4.78 is 19.6. The van der Waals surface area contributed by atoms with E-state index in [0.717, 1.165) is 17.7 Å². The highest BCUT2D eigenvalue weighted by Crippen LogP contribution is 2.32. The SMILES string of the molecule is C[C@@H]1Cc2ccccc2N1C(=O)[C@@H](C)OC(=O)c1ccc(Br)cc1F. The monoisotopic (exact) mass is 405 g/mol. The van der Waals surface area contributed by atoms with Crippen molar-refractivity contribution < 1.29 is 18.7 Å². The lowest BCUT2D eigenvalue weighted by Crippen LogP contribution is -2.43. The summed E-state index contributed by atoms with van der Waals surface area (Å²) in [7, 11) is 0. The third-order valence-electron chi connectivity index (χ3n) is 4.23. The second-order valence-corrected chi connectivity index (χ2v) is 6.98. The van der Waals surface area contributed by atoms with Gasteiger partial charge >= 0.3 is 5.97 Å². The van der Waals surface area contributed by atoms with Gasteiger partial charge in [0, 0.05) is 16.2 Å². The molecule has 0 unspecified atom stereocenters. The number of carbonyl (C=O) groups is 2. The van der Waals surface area contributed by atoms with Crippen molar-refractivity contribution >= 4 is 33.5 Å². The van der Waals surface area contributed by atoms with E-state index >= 15 is 0 Å². The average molecular weight is 406 g/mol. The van der Waals surface area contributed by atoms with E-state index < -0.39 is 17.9 Å². The van der Waals surface area contributed by atoms with Crippen LogP contribution in [0.2, 0.25) is 0 Å². The minimum Gasteiger partial charge on any atom is -0.449 e. The van der Waals surface area contributed by atoms with Crippen molar-refractivity contribution in [2.24, 2.45) is 0 Å². The second kappa shape index (κ2) is 6.96. The molecule has 6 heteroatoms. The first kappa shape index (κ1) is 17.6. The van der Waals surface area contributed by atoms with Crippen molar-refractivity contribution in [1.82, 2.24) is 0 Å². The van der Waals surface area contributed by atoms with E-state index in [0.29, 0.717) is 4.47 Å². The van der Waals surface area contributed by atoms with Gasteiger partial charge in [0.2, 0.25) is 0 Å². The molecule has 1 aliphatic heterocycles. The molecular formula is C19H17BrFNO3. The number of hydrogen-bond donors (Lipinski definition) is 0. The quantitative estimate of drug-likeness (QED) is 0.721. The summed E-state index contributed by atoms with van der Waals surface area (Å²) in [6.45, 7) is 3.45. The zero-order chi connectivity index (χ0) is 18.1. The molecule has 0 fully saturated rings. The number of fused-ring (bicyclic) bond motifs is 1. The third-order valence-corrected chi connectivity index (χ3v) is 4.72. The van der Waals surface area contributed by atoms with Crippen LogP contribution >= 0.6 is 15.9 Å². The van der Waals surface area contributed by atoms with Gasteiger partial charge in [-0.3, -0.25) is 4.79 Å². The molecule has 25 heavy (non-hydrogen) atoms. The van der Waals surface area contributed by atoms with E-state index in [1.54, 1.807) is 11.0 Å². The van der Waals surface area contributed by atoms with Crippen LogP contribution in [0, 0.1) is 5.82 Å². The molecule has 2 aromatic rings. The van der Waals surface area contributed by atoms with E-state index in [9.17, 15) is 14.0 Å². The van der Waals surface area contributed by atoms with Crippen LogP contribution in [0.4, 0.5) is 10.1 Å². The van der Waals surface area contributed by atoms with Crippen LogP contribution in [0.1, 0.15) is 29.8 Å². The molecule has 0 N–H and O–H groups in total. The molecule has 1 heterocycles. The van der Waals surface area contributed by atoms with Crippen LogP contribution in [0.25, 0.3) is 0 Å². The molecule has 0 saturated carbocycles. The van der Waals surface area contributed by atoms with Crippen molar-refractivity contribution in [2.45, 2.75) is 32.4 Å². The summed E-state index contributed by atoms with van der Waals surface area (Å²) in [6, 6.07) is 11.7. The van der Waals surface area contributed by atoms with Gasteiger partial charge in [0.05, 0.1) is 5.56 Å². The van der Waals surface area contributed by atoms with Crippen molar-refractivity contribution in [3.05, 3.63) is 63.9 Å². The number of para-hydroxylation sites is 1. The number of anilines is 1. The van der Waals surface area contributed by atoms with E-state index in [4.69, 9.17) is 4.74 Å². The van der Waals surface area contributed by atoms with E-state index in [-0.39, 0.29) is 17.5 Å². The van der Waals surface area contributed by atoms with Gasteiger partial charge in [-0.2, -0.15) is 0 Å². The number of benzene rings is 2. The molecule has 0 aromatic heterocycles. The standard InChI is InChI=1S/C19H17BrFNO3/c1-11-9-13-5-3-4-6-17(13)22(11)18(23)12(2)25-19(24)15-8-7-14(20)10-16(15)21/h3-8,10-12H,9H2,1-2H3/t11-,12-/m1/s1. The number of nitrogens with zero attached hydrogens (tertiary/aromatic N) is 1. The van der Waals surface area contributed by atoms with Gasteiger partial charge in [-0.25, -0.2) is 9.18 Å². The number of ether oxygens (including phenoxy) is 1. The Morgan fingerprint density at radius 2 is 2.00 bits per heavy atom. The molecule has 130 valence electrons. The molecule has 0 bridgehead atoms. The lowest BCUT2D eigenvalue weighted by atomic mass is 10.1. The molecule has 0 saturated heterocycles. The van der Waals surface area contributed by atoms with Crippen LogP contribution in [0.3, 0.4) is 0 Å². The molecule has 2 aromatic carbocycles. The van der Waals surface area contributed by atoms with Crippen molar-refractivity contribution in [2.75, 3.05) is 4.90 Å². The Hall–Kier alpha value is -2.21. The van der Waals surface area contributed by atoms with Gasteiger partial charge < -0.3 is 9.64 Å². The molecule has 1 aliphatic rings. The molecule has 2 atom stereocenters. The smallest absolute Gasteiger partial charge is 0.341 e. The van der Waals surface area contributed by atoms with Crippen molar-refractivity contribution in [3.63, 3.8) is 0 Å². The zero-order valence-corrected chi connectivity index (χ0v) is 15.4. The summed E-state index contributed by atoms with van der Waals surface area (Å²) in [6.07, 6.45) is -0.256. The number of rotatable bonds is 3. The predicted octanol–water partition coefficient (Wildman–Crippen LogP) is 4.11. The van der Waals surface area contributed by atoms with Crippen LogP contribution in [0.15, 0.2) is 46.9 Å². The van der Waals surface area contributed by atoms with E-state index in [1.807, 2.05) is 31.2 Å². The first-order valence-electron chi connectivity index (χ1n) is 7.95. The summed E-state index contributed by atoms with van der Waals surface area (Å²) in [5, 5.41) is 0. The van der Waals surface area contributed by atoms with Gasteiger partial charge in [-0.05, 0) is 50.1 Å². The minimum absolute atomic E-state index is 0.0181. The van der Waals surface area contributed by atoms with Crippen LogP contribution < -0.4 is 4.90 Å². The first-order chi connectivity index (χ1) is 11.9. The summed E-state index contributed by atoms with van der Waals surface area (Å²) in [5.74, 6) is -1.87. The number of esters is 1. The predicted molar refractivity (Wildman–Crippen MR) is 96.1 cm³/mol. The maximum atomic E-state index is 13.9. The zero-order valence-electron chi connectivity index (χ0n) is 13.8. The molecule has 1 amide bonds. The fourth-order valence-electron chi connectivity index (χ4n) is 3.03. The first-order valence-corrected chi connectivity index (χ1v) is 8.75. The Balaban J connectivity index is 1.76. The van der Waals surface area contributed by atoms with Crippen LogP contribution in [0.5, 0.6) is 0 Å². The van der Waals surface area contributed by atoms with Gasteiger partial charge in [0.1, 0.15) is 5.82 Å². The highest BCUT2D eigenvalue weighted by atomic mass is 79.9. The van der Waals surface area contributed by atoms with Crippen molar-refractivity contribution in [3.8, 4) is 0 Å². The minimum atomic E-state index is -1.01. The molecule has 0 spiro atoms. The number of hydrogen-bond acceptors (Lipinski definition) is 3. The lowest BCUT2D eigenvalue weighted by Gasteiger charge is -2.26. The molecule has 0 aliphatic carbocycles. The summed E-state index contributed by atoms with van der Waals surface area (Å²) in [5.41, 5.74) is 1.72. The van der Waals surface area contributed by atoms with Gasteiger partial charge in [-0.15, -0.1) is 0 Å². The highest BCUT2D eigenvalue weighted by molar-refractivity contribution is 9.10. The van der Waals surface area contributed by atoms with E-state index in [1.165, 1.54) is 19.1 Å². The summed E-state index contributed by atoms with van der Waals surface area (Å²) >= 11 is 3.13. The largest absolute Gasteiger partial charge is 0.449 e. The van der Waals surface area contributed by atoms with Gasteiger partial charge in [0.15, 0.2) is 6.10 Å². The molecule has 4 nitrogen and oxygen atoms in total. The fraction of sp³-hybridized carbons (Fsp3) is 0.263. The number of amides is 1. The lowest BCUT2D eigenvalue weighted by molar-refractivity contribution is -0.126. The molecule has 0 radical (unpaired) electrons. The van der Waals surface area contributed by atoms with Crippen LogP contribution in [-0.4, -0.2) is 24.0 Å². The fourth-order valence-corrected chi connectivity index (χ4v) is 3.36. The third kappa shape index (κ3) is 3.44. The maximum Gasteiger partial charge on any atom is 0.341 e. The second-order valence-electron chi connectivity index (χ2n) is 6.06. The Morgan fingerprint density at radius 3 is 2.72 bits per heavy atom. The number of halogens is 2. The topological polar surface area (TPSA) is 46.6 Å². The Kier molecular flexibility index (Phi) is 4.90. The Bertz CT molecular complexity index is 839. The average Bonchev–Trinajstić information content (AvgIpc) is 2.89. The normalized spacial score (nSPS) is 17.1. The van der Waals surface area contributed by atoms with Gasteiger partial charge in [-0.1, -0.05) is 34.1 Å².